The van der Waals surface area contributed by atoms with E-state index in [1.165, 1.54) is 11.0 Å². The van der Waals surface area contributed by atoms with Crippen LogP contribution in [0.4, 0.5) is 37.6 Å². The molecule has 1 saturated heterocycles. The average Bonchev–Trinajstić information content (AvgIpc) is 2.89. The molecule has 0 saturated carbocycles. The molecule has 0 aliphatic carbocycles. The average molecular weight is 537 g/mol. The number of fused-ring (bicyclic) bond motifs is 1. The summed E-state index contributed by atoms with van der Waals surface area (Å²) < 4.78 is 30.2. The predicted octanol–water partition coefficient (Wildman–Crippen LogP) is 4.28. The van der Waals surface area contributed by atoms with Crippen molar-refractivity contribution in [1.82, 2.24) is 19.9 Å². The molecule has 0 unspecified atom stereocenters. The van der Waals surface area contributed by atoms with Gasteiger partial charge < -0.3 is 24.9 Å². The number of piperidine rings is 1. The highest BCUT2D eigenvalue weighted by molar-refractivity contribution is 6.04. The number of carbonyl (C=O) groups is 1. The van der Waals surface area contributed by atoms with Gasteiger partial charge in [-0.25, -0.2) is 23.7 Å². The van der Waals surface area contributed by atoms with Crippen molar-refractivity contribution in [2.75, 3.05) is 60.8 Å². The second kappa shape index (κ2) is 10.7. The van der Waals surface area contributed by atoms with Gasteiger partial charge in [0.25, 0.3) is 0 Å². The third-order valence-corrected chi connectivity index (χ3v) is 7.41. The number of amides is 1. The second-order valence-corrected chi connectivity index (χ2v) is 10.6. The number of aromatic nitrogens is 3. The van der Waals surface area contributed by atoms with Crippen LogP contribution >= 0.6 is 0 Å². The van der Waals surface area contributed by atoms with Crippen LogP contribution in [0.15, 0.2) is 36.7 Å². The number of hydrogen-bond acceptors (Lipinski definition) is 8. The summed E-state index contributed by atoms with van der Waals surface area (Å²) in [4.78, 5) is 33.3. The lowest BCUT2D eigenvalue weighted by Gasteiger charge is -2.38. The van der Waals surface area contributed by atoms with Crippen LogP contribution < -0.4 is 20.0 Å². The molecular formula is C28H34F2N8O. The Kier molecular flexibility index (Phi) is 7.35. The first-order valence-corrected chi connectivity index (χ1v) is 13.2. The summed E-state index contributed by atoms with van der Waals surface area (Å²) in [6.07, 6.45) is 5.04. The summed E-state index contributed by atoms with van der Waals surface area (Å²) in [6.45, 7) is 5.71. The van der Waals surface area contributed by atoms with Gasteiger partial charge in [-0.05, 0) is 65.0 Å². The largest absolute Gasteiger partial charge is 0.370 e. The fourth-order valence-electron chi connectivity index (χ4n) is 5.37. The zero-order valence-corrected chi connectivity index (χ0v) is 22.9. The molecule has 39 heavy (non-hydrogen) atoms. The molecule has 1 N–H and O–H groups in total. The van der Waals surface area contributed by atoms with E-state index in [2.05, 4.69) is 44.2 Å². The Labute approximate surface area is 227 Å². The number of halogens is 2. The third-order valence-electron chi connectivity index (χ3n) is 7.41. The first-order valence-electron chi connectivity index (χ1n) is 13.2. The number of anilines is 5. The molecule has 0 spiro atoms. The number of pyridine rings is 1. The molecule has 0 radical (unpaired) electrons. The van der Waals surface area contributed by atoms with Gasteiger partial charge in [0.1, 0.15) is 17.3 Å². The van der Waals surface area contributed by atoms with Gasteiger partial charge in [-0.15, -0.1) is 0 Å². The highest BCUT2D eigenvalue weighted by Gasteiger charge is 2.32. The van der Waals surface area contributed by atoms with Crippen molar-refractivity contribution in [1.29, 1.82) is 0 Å². The molecular weight excluding hydrogens is 502 g/mol. The maximum absolute atomic E-state index is 15.3. The van der Waals surface area contributed by atoms with E-state index in [0.29, 0.717) is 23.2 Å². The third kappa shape index (κ3) is 5.36. The summed E-state index contributed by atoms with van der Waals surface area (Å²) in [5.74, 6) is -0.767. The molecule has 11 heteroatoms. The Hall–Kier alpha value is -3.86. The molecule has 5 rings (SSSR count). The minimum Gasteiger partial charge on any atom is -0.370 e. The van der Waals surface area contributed by atoms with Crippen molar-refractivity contribution in [3.63, 3.8) is 0 Å². The molecule has 1 fully saturated rings. The van der Waals surface area contributed by atoms with Crippen molar-refractivity contribution in [3.05, 3.63) is 48.3 Å². The van der Waals surface area contributed by atoms with Gasteiger partial charge in [0.15, 0.2) is 5.82 Å². The van der Waals surface area contributed by atoms with E-state index in [-0.39, 0.29) is 35.7 Å². The first-order chi connectivity index (χ1) is 18.6. The lowest BCUT2D eigenvalue weighted by atomic mass is 10.0. The summed E-state index contributed by atoms with van der Waals surface area (Å²) >= 11 is 0. The smallest absolute Gasteiger partial charge is 0.246 e. The second-order valence-electron chi connectivity index (χ2n) is 10.6. The molecule has 2 aliphatic heterocycles. The van der Waals surface area contributed by atoms with Gasteiger partial charge in [-0.2, -0.15) is 0 Å². The lowest BCUT2D eigenvalue weighted by Crippen LogP contribution is -2.47. The van der Waals surface area contributed by atoms with E-state index in [0.717, 1.165) is 37.8 Å². The Balaban J connectivity index is 1.38. The van der Waals surface area contributed by atoms with Crippen molar-refractivity contribution in [2.45, 2.75) is 38.8 Å². The molecule has 1 aromatic carbocycles. The maximum Gasteiger partial charge on any atom is 0.246 e. The van der Waals surface area contributed by atoms with Crippen LogP contribution in [0.3, 0.4) is 0 Å². The highest BCUT2D eigenvalue weighted by Crippen LogP contribution is 2.40. The number of benzene rings is 1. The molecule has 1 amide bonds. The molecule has 2 aliphatic rings. The number of hydrogen-bond donors (Lipinski definition) is 1. The van der Waals surface area contributed by atoms with E-state index >= 15 is 4.39 Å². The highest BCUT2D eigenvalue weighted by atomic mass is 19.1. The van der Waals surface area contributed by atoms with Gasteiger partial charge in [-0.3, -0.25) is 4.79 Å². The van der Waals surface area contributed by atoms with Gasteiger partial charge in [-0.1, -0.05) is 0 Å². The molecule has 4 heterocycles. The lowest BCUT2D eigenvalue weighted by molar-refractivity contribution is -0.117. The van der Waals surface area contributed by atoms with E-state index in [1.807, 2.05) is 26.0 Å². The fraction of sp³-hybridized carbons (Fsp3) is 0.429. The Morgan fingerprint density at radius 2 is 1.79 bits per heavy atom. The minimum atomic E-state index is -0.698. The first kappa shape index (κ1) is 26.7. The van der Waals surface area contributed by atoms with E-state index in [9.17, 15) is 9.18 Å². The quantitative estimate of drug-likeness (QED) is 0.500. The molecule has 0 atom stereocenters. The molecule has 0 bridgehead atoms. The number of carbonyl (C=O) groups excluding carboxylic acids is 1. The topological polar surface area (TPSA) is 80.7 Å². The Morgan fingerprint density at radius 3 is 2.44 bits per heavy atom. The van der Waals surface area contributed by atoms with Crippen molar-refractivity contribution in [3.8, 4) is 11.3 Å². The van der Waals surface area contributed by atoms with E-state index in [4.69, 9.17) is 0 Å². The number of rotatable bonds is 6. The summed E-state index contributed by atoms with van der Waals surface area (Å²) in [5, 5.41) is 3.02. The minimum absolute atomic E-state index is 0.0670. The summed E-state index contributed by atoms with van der Waals surface area (Å²) in [7, 11) is 5.90. The number of nitrogens with zero attached hydrogens (tertiary/aromatic N) is 7. The van der Waals surface area contributed by atoms with Crippen molar-refractivity contribution < 1.29 is 13.6 Å². The van der Waals surface area contributed by atoms with Crippen LogP contribution in [0.5, 0.6) is 0 Å². The number of nitrogens with one attached hydrogen (secondary N) is 1. The predicted molar refractivity (Wildman–Crippen MR) is 150 cm³/mol. The van der Waals surface area contributed by atoms with E-state index in [1.54, 1.807) is 24.2 Å². The van der Waals surface area contributed by atoms with Crippen LogP contribution in [0.1, 0.15) is 26.7 Å². The van der Waals surface area contributed by atoms with Crippen LogP contribution in [0.25, 0.3) is 11.3 Å². The van der Waals surface area contributed by atoms with Gasteiger partial charge >= 0.3 is 0 Å². The molecule has 2 aromatic heterocycles. The Morgan fingerprint density at radius 1 is 1.05 bits per heavy atom. The van der Waals surface area contributed by atoms with E-state index < -0.39 is 11.6 Å². The zero-order valence-electron chi connectivity index (χ0n) is 22.9. The van der Waals surface area contributed by atoms with Gasteiger partial charge in [0.05, 0.1) is 36.0 Å². The maximum atomic E-state index is 15.3. The summed E-state index contributed by atoms with van der Waals surface area (Å²) in [5.41, 5.74) is 1.87. The fourth-order valence-corrected chi connectivity index (χ4v) is 5.37. The van der Waals surface area contributed by atoms with Crippen LogP contribution in [-0.2, 0) is 4.79 Å². The van der Waals surface area contributed by atoms with Crippen molar-refractivity contribution in [2.24, 2.45) is 0 Å². The molecule has 3 aromatic rings. The van der Waals surface area contributed by atoms with Crippen molar-refractivity contribution >= 4 is 34.7 Å². The zero-order chi connectivity index (χ0) is 27.8. The molecule has 206 valence electrons. The van der Waals surface area contributed by atoms with Crippen LogP contribution in [-0.4, -0.2) is 78.6 Å². The van der Waals surface area contributed by atoms with Gasteiger partial charge in [0, 0.05) is 37.8 Å². The summed E-state index contributed by atoms with van der Waals surface area (Å²) in [6, 6.07) is 7.07. The monoisotopic (exact) mass is 536 g/mol. The Bertz CT molecular complexity index is 1360. The molecule has 9 nitrogen and oxygen atoms in total. The number of likely N-dealkylation sites (N-methyl/N-ethyl adjacent to an activating group) is 1. The van der Waals surface area contributed by atoms with Crippen LogP contribution in [0.2, 0.25) is 0 Å². The standard InChI is InChI=1S/C28H34F2N8O/c1-17(2)38-23-13-18(12-21(29)27(23)36(5)16-25(38)39)26-22(30)15-32-28(34-26)33-24-7-6-20(14-31-24)37-10-8-19(9-11-37)35(3)4/h6-7,12-15,17,19H,8-11,16H2,1-5H3,(H,31,32,33,34). The SMILES string of the molecule is CC(C)N1C(=O)CN(C)c2c(F)cc(-c3nc(Nc4ccc(N5CCC(N(C)C)CC5)cn4)ncc3F)cc21. The van der Waals surface area contributed by atoms with Gasteiger partial charge in [0.2, 0.25) is 11.9 Å². The van der Waals surface area contributed by atoms with Crippen LogP contribution in [0, 0.1) is 11.6 Å². The normalized spacial score (nSPS) is 16.3.